The van der Waals surface area contributed by atoms with Gasteiger partial charge in [-0.05, 0) is 30.7 Å². The Morgan fingerprint density at radius 1 is 1.60 bits per heavy atom. The Labute approximate surface area is 120 Å². The SMILES string of the molecule is Cn1cccc1C(=O)Nc1sc2c(c1C#N)CCNC2. The number of nitrogens with zero attached hydrogens (tertiary/aromatic N) is 2. The summed E-state index contributed by atoms with van der Waals surface area (Å²) in [4.78, 5) is 13.4. The number of carbonyl (C=O) groups is 1. The van der Waals surface area contributed by atoms with Crippen LogP contribution in [0, 0.1) is 11.3 Å². The van der Waals surface area contributed by atoms with Crippen molar-refractivity contribution in [3.05, 3.63) is 40.0 Å². The maximum atomic E-state index is 12.2. The Kier molecular flexibility index (Phi) is 3.30. The third kappa shape index (κ3) is 2.11. The highest BCUT2D eigenvalue weighted by Gasteiger charge is 2.22. The molecule has 0 saturated heterocycles. The van der Waals surface area contributed by atoms with Crippen molar-refractivity contribution < 1.29 is 4.79 Å². The number of thiophene rings is 1. The molecule has 2 aromatic heterocycles. The Morgan fingerprint density at radius 2 is 2.45 bits per heavy atom. The summed E-state index contributed by atoms with van der Waals surface area (Å²) in [5.74, 6) is -0.180. The number of nitriles is 1. The first kappa shape index (κ1) is 12.9. The van der Waals surface area contributed by atoms with E-state index >= 15 is 0 Å². The van der Waals surface area contributed by atoms with Crippen molar-refractivity contribution in [3.8, 4) is 6.07 Å². The summed E-state index contributed by atoms with van der Waals surface area (Å²) in [5, 5.41) is 16.2. The van der Waals surface area contributed by atoms with Crippen molar-refractivity contribution in [2.45, 2.75) is 13.0 Å². The first-order valence-corrected chi connectivity index (χ1v) is 7.20. The number of hydrogen-bond acceptors (Lipinski definition) is 4. The molecule has 1 amide bonds. The van der Waals surface area contributed by atoms with E-state index in [1.165, 1.54) is 11.3 Å². The third-order valence-corrected chi connectivity index (χ3v) is 4.59. The average molecular weight is 286 g/mol. The van der Waals surface area contributed by atoms with E-state index in [2.05, 4.69) is 16.7 Å². The molecule has 0 spiro atoms. The predicted octanol–water partition coefficient (Wildman–Crippen LogP) is 1.86. The standard InChI is InChI=1S/C14H14N4OS/c1-18-6-2-3-11(18)13(19)17-14-10(7-15)9-4-5-16-8-12(9)20-14/h2-3,6,16H,4-5,8H2,1H3,(H,17,19). The zero-order valence-corrected chi connectivity index (χ0v) is 11.9. The molecule has 0 fully saturated rings. The second-order valence-corrected chi connectivity index (χ2v) is 5.81. The van der Waals surface area contributed by atoms with Crippen LogP contribution in [0.2, 0.25) is 0 Å². The van der Waals surface area contributed by atoms with E-state index < -0.39 is 0 Å². The number of carbonyl (C=O) groups excluding carboxylic acids is 1. The summed E-state index contributed by atoms with van der Waals surface area (Å²) in [5.41, 5.74) is 2.28. The zero-order valence-electron chi connectivity index (χ0n) is 11.1. The molecule has 1 aliphatic rings. The lowest BCUT2D eigenvalue weighted by Gasteiger charge is -2.11. The van der Waals surface area contributed by atoms with Crippen LogP contribution in [0.25, 0.3) is 0 Å². The molecule has 102 valence electrons. The van der Waals surface area contributed by atoms with Crippen LogP contribution in [0.4, 0.5) is 5.00 Å². The molecule has 3 rings (SSSR count). The van der Waals surface area contributed by atoms with Gasteiger partial charge < -0.3 is 15.2 Å². The number of anilines is 1. The summed E-state index contributed by atoms with van der Waals surface area (Å²) < 4.78 is 1.76. The monoisotopic (exact) mass is 286 g/mol. The third-order valence-electron chi connectivity index (χ3n) is 3.44. The van der Waals surface area contributed by atoms with Gasteiger partial charge >= 0.3 is 0 Å². The molecule has 0 atom stereocenters. The van der Waals surface area contributed by atoms with Gasteiger partial charge in [-0.3, -0.25) is 4.79 Å². The van der Waals surface area contributed by atoms with E-state index in [4.69, 9.17) is 0 Å². The van der Waals surface area contributed by atoms with Crippen molar-refractivity contribution in [2.24, 2.45) is 7.05 Å². The minimum Gasteiger partial charge on any atom is -0.347 e. The highest BCUT2D eigenvalue weighted by atomic mass is 32.1. The lowest BCUT2D eigenvalue weighted by atomic mass is 10.1. The molecule has 0 aliphatic carbocycles. The van der Waals surface area contributed by atoms with Crippen LogP contribution in [-0.4, -0.2) is 17.0 Å². The maximum Gasteiger partial charge on any atom is 0.272 e. The Morgan fingerprint density at radius 3 is 3.15 bits per heavy atom. The molecular formula is C14H14N4OS. The number of fused-ring (bicyclic) bond motifs is 1. The molecule has 5 nitrogen and oxygen atoms in total. The van der Waals surface area contributed by atoms with Crippen molar-refractivity contribution in [2.75, 3.05) is 11.9 Å². The van der Waals surface area contributed by atoms with Crippen LogP contribution in [0.15, 0.2) is 18.3 Å². The first-order chi connectivity index (χ1) is 9.70. The number of aryl methyl sites for hydroxylation is 1. The van der Waals surface area contributed by atoms with Gasteiger partial charge in [-0.2, -0.15) is 5.26 Å². The quantitative estimate of drug-likeness (QED) is 0.885. The van der Waals surface area contributed by atoms with E-state index in [9.17, 15) is 10.1 Å². The number of nitrogens with one attached hydrogen (secondary N) is 2. The summed E-state index contributed by atoms with van der Waals surface area (Å²) in [6.45, 7) is 1.65. The van der Waals surface area contributed by atoms with Gasteiger partial charge in [0.15, 0.2) is 0 Å². The molecule has 0 unspecified atom stereocenters. The van der Waals surface area contributed by atoms with Gasteiger partial charge in [-0.15, -0.1) is 11.3 Å². The van der Waals surface area contributed by atoms with Crippen molar-refractivity contribution >= 4 is 22.2 Å². The van der Waals surface area contributed by atoms with E-state index in [0.717, 1.165) is 30.0 Å². The van der Waals surface area contributed by atoms with Gasteiger partial charge in [-0.25, -0.2) is 0 Å². The molecule has 6 heteroatoms. The van der Waals surface area contributed by atoms with Crippen molar-refractivity contribution in [1.82, 2.24) is 9.88 Å². The highest BCUT2D eigenvalue weighted by molar-refractivity contribution is 7.16. The van der Waals surface area contributed by atoms with Gasteiger partial charge in [0.05, 0.1) is 5.56 Å². The summed E-state index contributed by atoms with van der Waals surface area (Å²) in [6.07, 6.45) is 2.66. The molecule has 0 radical (unpaired) electrons. The summed E-state index contributed by atoms with van der Waals surface area (Å²) >= 11 is 1.49. The molecule has 2 aromatic rings. The molecule has 1 aliphatic heterocycles. The minimum atomic E-state index is -0.180. The van der Waals surface area contributed by atoms with Gasteiger partial charge in [0.2, 0.25) is 0 Å². The number of amides is 1. The largest absolute Gasteiger partial charge is 0.347 e. The lowest BCUT2D eigenvalue weighted by molar-refractivity contribution is 0.101. The number of hydrogen-bond donors (Lipinski definition) is 2. The molecule has 0 aromatic carbocycles. The summed E-state index contributed by atoms with van der Waals surface area (Å²) in [7, 11) is 1.82. The fourth-order valence-electron chi connectivity index (χ4n) is 2.41. The Balaban J connectivity index is 1.92. The molecule has 2 N–H and O–H groups in total. The normalized spacial score (nSPS) is 13.6. The molecular weight excluding hydrogens is 272 g/mol. The molecule has 0 saturated carbocycles. The smallest absolute Gasteiger partial charge is 0.272 e. The maximum absolute atomic E-state index is 12.2. The number of rotatable bonds is 2. The van der Waals surface area contributed by atoms with Crippen molar-refractivity contribution in [3.63, 3.8) is 0 Å². The van der Waals surface area contributed by atoms with Crippen LogP contribution in [0.3, 0.4) is 0 Å². The fourth-order valence-corrected chi connectivity index (χ4v) is 3.57. The summed E-state index contributed by atoms with van der Waals surface area (Å²) in [6, 6.07) is 5.81. The topological polar surface area (TPSA) is 69.8 Å². The van der Waals surface area contributed by atoms with Crippen LogP contribution in [-0.2, 0) is 20.0 Å². The minimum absolute atomic E-state index is 0.180. The zero-order chi connectivity index (χ0) is 14.1. The van der Waals surface area contributed by atoms with Crippen molar-refractivity contribution in [1.29, 1.82) is 5.26 Å². The average Bonchev–Trinajstić information content (AvgIpc) is 3.01. The van der Waals surface area contributed by atoms with E-state index in [1.807, 2.05) is 19.3 Å². The van der Waals surface area contributed by atoms with Gasteiger partial charge in [0, 0.05) is 24.7 Å². The lowest BCUT2D eigenvalue weighted by Crippen LogP contribution is -2.22. The Bertz CT molecular complexity index is 707. The molecule has 0 bridgehead atoms. The van der Waals surface area contributed by atoms with Gasteiger partial charge in [0.1, 0.15) is 16.8 Å². The van der Waals surface area contributed by atoms with E-state index in [1.54, 1.807) is 10.6 Å². The second-order valence-electron chi connectivity index (χ2n) is 4.70. The molecule has 20 heavy (non-hydrogen) atoms. The highest BCUT2D eigenvalue weighted by Crippen LogP contribution is 2.34. The van der Waals surface area contributed by atoms with Crippen LogP contribution in [0.5, 0.6) is 0 Å². The van der Waals surface area contributed by atoms with E-state index in [-0.39, 0.29) is 5.91 Å². The van der Waals surface area contributed by atoms with Crippen LogP contribution >= 0.6 is 11.3 Å². The second kappa shape index (κ2) is 5.12. The van der Waals surface area contributed by atoms with Crippen LogP contribution in [0.1, 0.15) is 26.5 Å². The van der Waals surface area contributed by atoms with Gasteiger partial charge in [0.25, 0.3) is 5.91 Å². The number of aromatic nitrogens is 1. The van der Waals surface area contributed by atoms with Crippen LogP contribution < -0.4 is 10.6 Å². The molecule has 3 heterocycles. The fraction of sp³-hybridized carbons (Fsp3) is 0.286. The van der Waals surface area contributed by atoms with Gasteiger partial charge in [-0.1, -0.05) is 0 Å². The predicted molar refractivity (Wildman–Crippen MR) is 77.8 cm³/mol. The first-order valence-electron chi connectivity index (χ1n) is 6.38. The Hall–Kier alpha value is -2.10. The van der Waals surface area contributed by atoms with E-state index in [0.29, 0.717) is 16.3 Å².